The van der Waals surface area contributed by atoms with Crippen molar-refractivity contribution in [3.05, 3.63) is 59.9 Å². The van der Waals surface area contributed by atoms with Gasteiger partial charge in [-0.15, -0.1) is 11.8 Å². The Morgan fingerprint density at radius 2 is 1.86 bits per heavy atom. The van der Waals surface area contributed by atoms with Crippen molar-refractivity contribution in [2.24, 2.45) is 5.92 Å². The molecule has 1 saturated carbocycles. The second kappa shape index (κ2) is 7.83. The molecule has 1 aliphatic heterocycles. The summed E-state index contributed by atoms with van der Waals surface area (Å²) in [6.45, 7) is 0. The van der Waals surface area contributed by atoms with E-state index in [0.29, 0.717) is 23.1 Å². The van der Waals surface area contributed by atoms with Gasteiger partial charge in [-0.1, -0.05) is 12.1 Å². The molecule has 1 heterocycles. The van der Waals surface area contributed by atoms with Crippen LogP contribution in [0, 0.1) is 11.7 Å². The molecule has 0 bridgehead atoms. The highest BCUT2D eigenvalue weighted by Crippen LogP contribution is 2.49. The number of methoxy groups -OCH3 is 1. The number of nitrogens with zero attached hydrogens (tertiary/aromatic N) is 1. The fourth-order valence-electron chi connectivity index (χ4n) is 3.54. The van der Waals surface area contributed by atoms with E-state index in [2.05, 4.69) is 5.32 Å². The number of carbonyl (C=O) groups is 2. The number of hydrogen-bond donors (Lipinski definition) is 1. The number of halogens is 1. The first-order chi connectivity index (χ1) is 13.6. The fraction of sp³-hybridized carbons (Fsp3) is 0.333. The summed E-state index contributed by atoms with van der Waals surface area (Å²) in [7, 11) is 1.59. The van der Waals surface area contributed by atoms with E-state index in [1.54, 1.807) is 60.2 Å². The lowest BCUT2D eigenvalue weighted by atomic mass is 10.1. The van der Waals surface area contributed by atoms with Gasteiger partial charge >= 0.3 is 0 Å². The van der Waals surface area contributed by atoms with Gasteiger partial charge < -0.3 is 15.0 Å². The molecule has 2 fully saturated rings. The molecule has 3 atom stereocenters. The lowest BCUT2D eigenvalue weighted by molar-refractivity contribution is -0.137. The zero-order valence-electron chi connectivity index (χ0n) is 15.4. The Balaban J connectivity index is 1.39. The van der Waals surface area contributed by atoms with Crippen LogP contribution < -0.4 is 10.1 Å². The van der Waals surface area contributed by atoms with Crippen LogP contribution in [0.5, 0.6) is 5.75 Å². The van der Waals surface area contributed by atoms with Crippen molar-refractivity contribution in [1.82, 2.24) is 4.90 Å². The summed E-state index contributed by atoms with van der Waals surface area (Å²) >= 11 is 1.58. The van der Waals surface area contributed by atoms with Gasteiger partial charge in [-0.3, -0.25) is 9.59 Å². The number of rotatable bonds is 5. The average Bonchev–Trinajstić information content (AvgIpc) is 3.35. The van der Waals surface area contributed by atoms with Crippen molar-refractivity contribution in [2.75, 3.05) is 24.1 Å². The minimum absolute atomic E-state index is 0.00852. The maximum absolute atomic E-state index is 13.1. The van der Waals surface area contributed by atoms with Gasteiger partial charge in [0.05, 0.1) is 13.0 Å². The number of amides is 2. The van der Waals surface area contributed by atoms with Crippen LogP contribution in [0.1, 0.15) is 17.9 Å². The number of ether oxygens (including phenoxy) is 1. The topological polar surface area (TPSA) is 58.6 Å². The number of thioether (sulfide) groups is 1. The van der Waals surface area contributed by atoms with Gasteiger partial charge in [0.25, 0.3) is 0 Å². The highest BCUT2D eigenvalue weighted by molar-refractivity contribution is 7.99. The Labute approximate surface area is 167 Å². The van der Waals surface area contributed by atoms with Gasteiger partial charge in [0.2, 0.25) is 11.8 Å². The molecule has 2 amide bonds. The highest BCUT2D eigenvalue weighted by atomic mass is 32.2. The number of nitrogens with one attached hydrogen (secondary N) is 1. The molecule has 146 valence electrons. The summed E-state index contributed by atoms with van der Waals surface area (Å²) < 4.78 is 18.2. The summed E-state index contributed by atoms with van der Waals surface area (Å²) in [6, 6.07) is 12.9. The second-order valence-corrected chi connectivity index (χ2v) is 8.04. The summed E-state index contributed by atoms with van der Waals surface area (Å²) in [5.41, 5.74) is 1.65. The van der Waals surface area contributed by atoms with Crippen LogP contribution in [0.15, 0.2) is 48.5 Å². The van der Waals surface area contributed by atoms with Crippen molar-refractivity contribution in [3.63, 3.8) is 0 Å². The normalized spacial score (nSPS) is 23.4. The summed E-state index contributed by atoms with van der Waals surface area (Å²) in [5.74, 6) is 1.36. The van der Waals surface area contributed by atoms with Gasteiger partial charge in [0.1, 0.15) is 17.6 Å². The lowest BCUT2D eigenvalue weighted by Crippen LogP contribution is -2.45. The molecule has 1 N–H and O–H groups in total. The van der Waals surface area contributed by atoms with Crippen molar-refractivity contribution < 1.29 is 18.7 Å². The molecule has 1 saturated heterocycles. The van der Waals surface area contributed by atoms with Gasteiger partial charge in [-0.25, -0.2) is 4.39 Å². The number of hydrogen-bond acceptors (Lipinski definition) is 4. The van der Waals surface area contributed by atoms with E-state index in [1.165, 1.54) is 12.1 Å². The van der Waals surface area contributed by atoms with E-state index >= 15 is 0 Å². The molecule has 5 nitrogen and oxygen atoms in total. The third-order valence-electron chi connectivity index (χ3n) is 5.23. The Bertz CT molecular complexity index is 872. The minimum atomic E-state index is -0.478. The molecular weight excluding hydrogens is 379 g/mol. The first-order valence-electron chi connectivity index (χ1n) is 9.15. The number of carbonyl (C=O) groups excluding carboxylic acids is 2. The fourth-order valence-corrected chi connectivity index (χ4v) is 4.70. The molecule has 0 spiro atoms. The SMILES string of the molecule is COc1ccc(NC(=O)C2CSCN2C(=O)C2CC2c2ccc(F)cc2)cc1. The zero-order valence-corrected chi connectivity index (χ0v) is 16.2. The smallest absolute Gasteiger partial charge is 0.248 e. The molecule has 0 aromatic heterocycles. The Morgan fingerprint density at radius 1 is 1.14 bits per heavy atom. The molecule has 4 rings (SSSR count). The van der Waals surface area contributed by atoms with E-state index < -0.39 is 6.04 Å². The van der Waals surface area contributed by atoms with Crippen molar-refractivity contribution in [2.45, 2.75) is 18.4 Å². The van der Waals surface area contributed by atoms with Crippen molar-refractivity contribution in [3.8, 4) is 5.75 Å². The minimum Gasteiger partial charge on any atom is -0.497 e. The maximum Gasteiger partial charge on any atom is 0.248 e. The molecule has 2 aliphatic rings. The average molecular weight is 400 g/mol. The van der Waals surface area contributed by atoms with Crippen LogP contribution >= 0.6 is 11.8 Å². The third-order valence-corrected chi connectivity index (χ3v) is 6.24. The molecule has 0 radical (unpaired) electrons. The summed E-state index contributed by atoms with van der Waals surface area (Å²) in [4.78, 5) is 27.4. The van der Waals surface area contributed by atoms with Gasteiger partial charge in [0, 0.05) is 17.4 Å². The molecule has 7 heteroatoms. The molecule has 3 unspecified atom stereocenters. The van der Waals surface area contributed by atoms with Gasteiger partial charge in [-0.05, 0) is 54.3 Å². The van der Waals surface area contributed by atoms with Crippen molar-refractivity contribution >= 4 is 29.3 Å². The molecule has 2 aromatic carbocycles. The predicted molar refractivity (Wildman–Crippen MR) is 107 cm³/mol. The first-order valence-corrected chi connectivity index (χ1v) is 10.3. The predicted octanol–water partition coefficient (Wildman–Crippen LogP) is 3.48. The van der Waals surface area contributed by atoms with Gasteiger partial charge in [0.15, 0.2) is 0 Å². The van der Waals surface area contributed by atoms with E-state index in [0.717, 1.165) is 12.0 Å². The maximum atomic E-state index is 13.1. The van der Waals surface area contributed by atoms with E-state index in [1.807, 2.05) is 0 Å². The standard InChI is InChI=1S/C21H21FN2O3S/c1-27-16-8-6-15(7-9-16)23-20(25)19-11-28-12-24(19)21(26)18-10-17(18)13-2-4-14(22)5-3-13/h2-9,17-19H,10-12H2,1H3,(H,23,25). The van der Waals surface area contributed by atoms with Crippen LogP contribution in [-0.2, 0) is 9.59 Å². The molecular formula is C21H21FN2O3S. The third kappa shape index (κ3) is 3.85. The monoisotopic (exact) mass is 400 g/mol. The zero-order chi connectivity index (χ0) is 19.7. The summed E-state index contributed by atoms with van der Waals surface area (Å²) in [5, 5.41) is 2.89. The van der Waals surface area contributed by atoms with Crippen molar-refractivity contribution in [1.29, 1.82) is 0 Å². The van der Waals surface area contributed by atoms with Crippen LogP contribution in [-0.4, -0.2) is 41.5 Å². The Hall–Kier alpha value is -2.54. The Kier molecular flexibility index (Phi) is 5.26. The van der Waals surface area contributed by atoms with Crippen LogP contribution in [0.2, 0.25) is 0 Å². The molecule has 28 heavy (non-hydrogen) atoms. The number of anilines is 1. The second-order valence-electron chi connectivity index (χ2n) is 7.04. The van der Waals surface area contributed by atoms with E-state index in [-0.39, 0.29) is 29.5 Å². The highest BCUT2D eigenvalue weighted by Gasteiger charge is 2.48. The van der Waals surface area contributed by atoms with Crippen LogP contribution in [0.25, 0.3) is 0 Å². The van der Waals surface area contributed by atoms with Crippen LogP contribution in [0.3, 0.4) is 0 Å². The van der Waals surface area contributed by atoms with Gasteiger partial charge in [-0.2, -0.15) is 0 Å². The molecule has 1 aliphatic carbocycles. The summed E-state index contributed by atoms with van der Waals surface area (Å²) in [6.07, 6.45) is 0.748. The first kappa shape index (κ1) is 18.8. The quantitative estimate of drug-likeness (QED) is 0.835. The Morgan fingerprint density at radius 3 is 2.54 bits per heavy atom. The molecule has 2 aromatic rings. The van der Waals surface area contributed by atoms with Crippen LogP contribution in [0.4, 0.5) is 10.1 Å². The van der Waals surface area contributed by atoms with E-state index in [9.17, 15) is 14.0 Å². The number of benzene rings is 2. The largest absolute Gasteiger partial charge is 0.497 e. The lowest BCUT2D eigenvalue weighted by Gasteiger charge is -2.23. The van der Waals surface area contributed by atoms with E-state index in [4.69, 9.17) is 4.74 Å².